The molecule has 0 amide bonds. The summed E-state index contributed by atoms with van der Waals surface area (Å²) in [4.78, 5) is 14.9. The number of aryl methyl sites for hydroxylation is 1. The largest absolute Gasteiger partial charge is 0.479 e. The van der Waals surface area contributed by atoms with Crippen LogP contribution in [0.25, 0.3) is 0 Å². The summed E-state index contributed by atoms with van der Waals surface area (Å²) in [5, 5.41) is 3.06. The number of fused-ring (bicyclic) bond motifs is 1. The van der Waals surface area contributed by atoms with Gasteiger partial charge in [0.2, 0.25) is 11.8 Å². The second-order valence-electron chi connectivity index (χ2n) is 8.04. The number of benzene rings is 1. The van der Waals surface area contributed by atoms with E-state index in [0.29, 0.717) is 23.2 Å². The molecule has 1 aromatic heterocycles. The third-order valence-electron chi connectivity index (χ3n) is 5.92. The van der Waals surface area contributed by atoms with E-state index >= 15 is 4.39 Å². The van der Waals surface area contributed by atoms with Crippen LogP contribution in [0.5, 0.6) is 5.88 Å². The molecular formula is C21H24F4N6OS. The van der Waals surface area contributed by atoms with Crippen molar-refractivity contribution in [1.82, 2.24) is 9.97 Å². The van der Waals surface area contributed by atoms with Crippen LogP contribution in [0.1, 0.15) is 11.3 Å². The van der Waals surface area contributed by atoms with Gasteiger partial charge in [0.15, 0.2) is 5.17 Å². The van der Waals surface area contributed by atoms with E-state index in [1.54, 1.807) is 4.90 Å². The number of ether oxygens (including phenoxy) is 1. The van der Waals surface area contributed by atoms with Gasteiger partial charge in [-0.25, -0.2) is 23.1 Å². The van der Waals surface area contributed by atoms with Crippen LogP contribution in [-0.4, -0.2) is 60.5 Å². The van der Waals surface area contributed by atoms with Gasteiger partial charge in [-0.05, 0) is 25.1 Å². The van der Waals surface area contributed by atoms with Gasteiger partial charge in [-0.15, -0.1) is 0 Å². The molecule has 1 saturated heterocycles. The zero-order valence-corrected chi connectivity index (χ0v) is 18.9. The summed E-state index contributed by atoms with van der Waals surface area (Å²) in [7, 11) is 1.32. The monoisotopic (exact) mass is 484 g/mol. The maximum atomic E-state index is 15.2. The molecule has 12 heteroatoms. The Kier molecular flexibility index (Phi) is 6.55. The summed E-state index contributed by atoms with van der Waals surface area (Å²) in [6.07, 6.45) is 0. The Morgan fingerprint density at radius 3 is 2.76 bits per heavy atom. The fourth-order valence-corrected chi connectivity index (χ4v) is 5.23. The van der Waals surface area contributed by atoms with Crippen LogP contribution < -0.4 is 20.7 Å². The van der Waals surface area contributed by atoms with E-state index in [0.717, 1.165) is 0 Å². The Labute approximate surface area is 192 Å². The first kappa shape index (κ1) is 23.4. The lowest BCUT2D eigenvalue weighted by Gasteiger charge is -2.35. The molecule has 0 radical (unpaired) electrons. The maximum Gasteiger partial charge on any atom is 0.255 e. The highest BCUT2D eigenvalue weighted by molar-refractivity contribution is 8.13. The first-order chi connectivity index (χ1) is 15.8. The first-order valence-electron chi connectivity index (χ1n) is 10.3. The summed E-state index contributed by atoms with van der Waals surface area (Å²) in [5.41, 5.74) is 5.74. The van der Waals surface area contributed by atoms with E-state index in [1.165, 1.54) is 44.0 Å². The number of rotatable bonds is 7. The molecule has 0 spiro atoms. The number of halogens is 4. The van der Waals surface area contributed by atoms with Crippen LogP contribution in [0, 0.1) is 24.5 Å². The van der Waals surface area contributed by atoms with Crippen molar-refractivity contribution in [2.45, 2.75) is 18.5 Å². The van der Waals surface area contributed by atoms with Gasteiger partial charge < -0.3 is 20.7 Å². The Bertz CT molecular complexity index is 1070. The normalized spacial score (nSPS) is 22.3. The van der Waals surface area contributed by atoms with Crippen molar-refractivity contribution < 1.29 is 22.3 Å². The van der Waals surface area contributed by atoms with E-state index in [1.807, 2.05) is 0 Å². The number of hydrogen-bond acceptors (Lipinski definition) is 8. The highest BCUT2D eigenvalue weighted by Gasteiger charge is 2.52. The number of nitrogens with one attached hydrogen (secondary N) is 1. The van der Waals surface area contributed by atoms with Crippen LogP contribution in [-0.2, 0) is 5.54 Å². The molecule has 0 saturated carbocycles. The van der Waals surface area contributed by atoms with E-state index in [-0.39, 0.29) is 35.5 Å². The predicted octanol–water partition coefficient (Wildman–Crippen LogP) is 3.18. The van der Waals surface area contributed by atoms with Crippen LogP contribution in [0.2, 0.25) is 0 Å². The molecule has 33 heavy (non-hydrogen) atoms. The second-order valence-corrected chi connectivity index (χ2v) is 9.08. The Hall–Kier alpha value is -2.76. The Balaban J connectivity index is 1.76. The molecule has 7 nitrogen and oxygen atoms in total. The van der Waals surface area contributed by atoms with E-state index in [2.05, 4.69) is 20.3 Å². The van der Waals surface area contributed by atoms with Gasteiger partial charge in [0, 0.05) is 29.5 Å². The van der Waals surface area contributed by atoms with Gasteiger partial charge >= 0.3 is 0 Å². The van der Waals surface area contributed by atoms with Crippen molar-refractivity contribution in [3.8, 4) is 5.88 Å². The predicted molar refractivity (Wildman–Crippen MR) is 121 cm³/mol. The van der Waals surface area contributed by atoms with Gasteiger partial charge in [-0.1, -0.05) is 11.8 Å². The van der Waals surface area contributed by atoms with Gasteiger partial charge in [-0.3, -0.25) is 0 Å². The van der Waals surface area contributed by atoms with Gasteiger partial charge in [0.1, 0.15) is 24.7 Å². The number of alkyl halides is 2. The fourth-order valence-electron chi connectivity index (χ4n) is 4.25. The molecule has 3 heterocycles. The topological polar surface area (TPSA) is 88.7 Å². The molecule has 2 aliphatic heterocycles. The van der Waals surface area contributed by atoms with Crippen LogP contribution in [0.15, 0.2) is 23.2 Å². The summed E-state index contributed by atoms with van der Waals surface area (Å²) in [5.74, 6) is -0.704. The minimum absolute atomic E-state index is 0.124. The molecular weight excluding hydrogens is 460 g/mol. The SMILES string of the molecule is COc1nc(N2CC3CSC(N)=NC3(c3cc(NC(CF)CF)ccc3F)C2)nc(C)c1F. The average molecular weight is 485 g/mol. The quantitative estimate of drug-likeness (QED) is 0.584. The molecule has 2 unspecified atom stereocenters. The van der Waals surface area contributed by atoms with Crippen LogP contribution in [0.4, 0.5) is 29.2 Å². The molecule has 1 fully saturated rings. The minimum Gasteiger partial charge on any atom is -0.479 e. The number of aliphatic imine (C=N–C) groups is 1. The highest BCUT2D eigenvalue weighted by atomic mass is 32.2. The van der Waals surface area contributed by atoms with Crippen molar-refractivity contribution in [2.75, 3.05) is 49.5 Å². The fraction of sp³-hybridized carbons (Fsp3) is 0.476. The van der Waals surface area contributed by atoms with E-state index < -0.39 is 36.6 Å². The lowest BCUT2D eigenvalue weighted by molar-refractivity contribution is 0.364. The number of thioether (sulfide) groups is 1. The number of nitrogens with two attached hydrogens (primary N) is 1. The standard InChI is InChI=1S/C21H24F4N6OS/c1-11-17(25)18(32-2)29-20(27-11)31-8-12-9-33-19(26)30-21(12,10-31)15-5-13(3-4-16(15)24)28-14(6-22)7-23/h3-5,12,14,28H,6-10H2,1-2H3,(H2,26,30). The second kappa shape index (κ2) is 9.24. The number of aromatic nitrogens is 2. The summed E-state index contributed by atoms with van der Waals surface area (Å²) in [6.45, 7) is 0.302. The third kappa shape index (κ3) is 4.28. The lowest BCUT2D eigenvalue weighted by Crippen LogP contribution is -2.41. The molecule has 3 N–H and O–H groups in total. The summed E-state index contributed by atoms with van der Waals surface area (Å²) < 4.78 is 60.5. The third-order valence-corrected chi connectivity index (χ3v) is 6.87. The van der Waals surface area contributed by atoms with Crippen LogP contribution >= 0.6 is 11.8 Å². The number of methoxy groups -OCH3 is 1. The number of nitrogens with zero attached hydrogens (tertiary/aromatic N) is 4. The van der Waals surface area contributed by atoms with Gasteiger partial charge in [0.25, 0.3) is 5.88 Å². The van der Waals surface area contributed by atoms with Gasteiger partial charge in [0.05, 0.1) is 25.4 Å². The highest BCUT2D eigenvalue weighted by Crippen LogP contribution is 2.47. The molecule has 4 rings (SSSR count). The van der Waals surface area contributed by atoms with Crippen molar-refractivity contribution in [3.05, 3.63) is 41.1 Å². The average Bonchev–Trinajstić information content (AvgIpc) is 3.19. The zero-order valence-electron chi connectivity index (χ0n) is 18.1. The smallest absolute Gasteiger partial charge is 0.255 e. The van der Waals surface area contributed by atoms with Gasteiger partial charge in [-0.2, -0.15) is 9.37 Å². The van der Waals surface area contributed by atoms with E-state index in [9.17, 15) is 13.2 Å². The number of hydrogen-bond donors (Lipinski definition) is 2. The maximum absolute atomic E-state index is 15.2. The molecule has 2 aliphatic rings. The Morgan fingerprint density at radius 2 is 2.06 bits per heavy atom. The number of amidine groups is 1. The Morgan fingerprint density at radius 1 is 1.30 bits per heavy atom. The minimum atomic E-state index is -1.07. The lowest BCUT2D eigenvalue weighted by atomic mass is 9.81. The molecule has 1 aromatic carbocycles. The first-order valence-corrected chi connectivity index (χ1v) is 11.3. The summed E-state index contributed by atoms with van der Waals surface area (Å²) in [6, 6.07) is 3.16. The molecule has 0 bridgehead atoms. The molecule has 0 aliphatic carbocycles. The molecule has 2 atom stereocenters. The summed E-state index contributed by atoms with van der Waals surface area (Å²) >= 11 is 1.36. The number of anilines is 2. The molecule has 178 valence electrons. The van der Waals surface area contributed by atoms with Crippen molar-refractivity contribution in [3.63, 3.8) is 0 Å². The molecule has 2 aromatic rings. The van der Waals surface area contributed by atoms with Crippen LogP contribution in [0.3, 0.4) is 0 Å². The zero-order chi connectivity index (χ0) is 23.8. The van der Waals surface area contributed by atoms with Crippen molar-refractivity contribution >= 4 is 28.6 Å². The van der Waals surface area contributed by atoms with Crippen molar-refractivity contribution in [1.29, 1.82) is 0 Å². The van der Waals surface area contributed by atoms with Crippen molar-refractivity contribution in [2.24, 2.45) is 16.6 Å². The van der Waals surface area contributed by atoms with E-state index in [4.69, 9.17) is 10.5 Å².